The van der Waals surface area contributed by atoms with Crippen molar-refractivity contribution in [3.63, 3.8) is 0 Å². The van der Waals surface area contributed by atoms with E-state index in [4.69, 9.17) is 16.9 Å². The highest BCUT2D eigenvalue weighted by molar-refractivity contribution is 7.19. The first-order valence-electron chi connectivity index (χ1n) is 5.37. The molecule has 18 heavy (non-hydrogen) atoms. The molecule has 0 aliphatic carbocycles. The maximum atomic E-state index is 9.12. The van der Waals surface area contributed by atoms with Crippen LogP contribution < -0.4 is 4.90 Å². The highest BCUT2D eigenvalue weighted by Crippen LogP contribution is 2.33. The van der Waals surface area contributed by atoms with Gasteiger partial charge in [0.2, 0.25) is 0 Å². The van der Waals surface area contributed by atoms with Crippen LogP contribution in [-0.2, 0) is 0 Å². The van der Waals surface area contributed by atoms with E-state index < -0.39 is 0 Å². The minimum atomic E-state index is 0.587. The van der Waals surface area contributed by atoms with Crippen LogP contribution in [0.4, 0.5) is 5.82 Å². The van der Waals surface area contributed by atoms with Crippen molar-refractivity contribution in [1.29, 1.82) is 5.26 Å². The number of aryl methyl sites for hydroxylation is 1. The van der Waals surface area contributed by atoms with E-state index in [1.807, 2.05) is 44.1 Å². The van der Waals surface area contributed by atoms with Gasteiger partial charge in [0.1, 0.15) is 11.9 Å². The standard InChI is InChI=1S/C13H12ClN3S/c1-8-6-9(7-15)13(17(2)3)16-12(8)10-4-5-11(14)18-10/h4-6H,1-3H3. The molecule has 0 spiro atoms. The van der Waals surface area contributed by atoms with Gasteiger partial charge in [-0.3, -0.25) is 0 Å². The number of anilines is 1. The summed E-state index contributed by atoms with van der Waals surface area (Å²) in [5.41, 5.74) is 2.45. The van der Waals surface area contributed by atoms with E-state index >= 15 is 0 Å². The van der Waals surface area contributed by atoms with Gasteiger partial charge < -0.3 is 4.90 Å². The number of halogens is 1. The Morgan fingerprint density at radius 1 is 1.39 bits per heavy atom. The van der Waals surface area contributed by atoms with Crippen molar-refractivity contribution < 1.29 is 0 Å². The Balaban J connectivity index is 2.63. The van der Waals surface area contributed by atoms with E-state index in [0.29, 0.717) is 11.4 Å². The Hall–Kier alpha value is -1.57. The van der Waals surface area contributed by atoms with Crippen molar-refractivity contribution in [3.05, 3.63) is 33.7 Å². The molecule has 5 heteroatoms. The van der Waals surface area contributed by atoms with Gasteiger partial charge in [0.05, 0.1) is 20.5 Å². The summed E-state index contributed by atoms with van der Waals surface area (Å²) < 4.78 is 0.738. The molecule has 0 fully saturated rings. The van der Waals surface area contributed by atoms with Crippen molar-refractivity contribution in [2.75, 3.05) is 19.0 Å². The summed E-state index contributed by atoms with van der Waals surface area (Å²) in [6.45, 7) is 1.95. The molecule has 0 unspecified atom stereocenters. The van der Waals surface area contributed by atoms with Gasteiger partial charge in [0, 0.05) is 14.1 Å². The molecule has 0 radical (unpaired) electrons. The Labute approximate surface area is 115 Å². The number of rotatable bonds is 2. The molecule has 0 aliphatic rings. The summed E-state index contributed by atoms with van der Waals surface area (Å²) in [5.74, 6) is 0.683. The summed E-state index contributed by atoms with van der Waals surface area (Å²) in [7, 11) is 3.76. The van der Waals surface area contributed by atoms with Crippen molar-refractivity contribution in [1.82, 2.24) is 4.98 Å². The zero-order valence-corrected chi connectivity index (χ0v) is 11.9. The molecule has 3 nitrogen and oxygen atoms in total. The van der Waals surface area contributed by atoms with Crippen LogP contribution in [0.15, 0.2) is 18.2 Å². The summed E-state index contributed by atoms with van der Waals surface area (Å²) in [6.07, 6.45) is 0. The second kappa shape index (κ2) is 4.97. The molecule has 2 aromatic heterocycles. The number of thiophene rings is 1. The minimum absolute atomic E-state index is 0.587. The lowest BCUT2D eigenvalue weighted by atomic mass is 10.1. The molecule has 0 aromatic carbocycles. The van der Waals surface area contributed by atoms with Crippen LogP contribution in [0.3, 0.4) is 0 Å². The predicted molar refractivity (Wildman–Crippen MR) is 76.3 cm³/mol. The second-order valence-corrected chi connectivity index (χ2v) is 5.85. The van der Waals surface area contributed by atoms with Crippen LogP contribution in [0.25, 0.3) is 10.6 Å². The Morgan fingerprint density at radius 2 is 2.11 bits per heavy atom. The number of hydrogen-bond donors (Lipinski definition) is 0. The quantitative estimate of drug-likeness (QED) is 0.840. The fourth-order valence-corrected chi connectivity index (χ4v) is 2.82. The summed E-state index contributed by atoms with van der Waals surface area (Å²) in [6, 6.07) is 7.85. The Kier molecular flexibility index (Phi) is 3.55. The number of pyridine rings is 1. The van der Waals surface area contributed by atoms with Gasteiger partial charge in [0.15, 0.2) is 0 Å². The highest BCUT2D eigenvalue weighted by atomic mass is 35.5. The lowest BCUT2D eigenvalue weighted by molar-refractivity contribution is 1.06. The largest absolute Gasteiger partial charge is 0.362 e. The molecule has 2 rings (SSSR count). The molecular formula is C13H12ClN3S. The zero-order valence-electron chi connectivity index (χ0n) is 10.4. The van der Waals surface area contributed by atoms with E-state index in [2.05, 4.69) is 11.1 Å². The van der Waals surface area contributed by atoms with E-state index in [9.17, 15) is 0 Å². The predicted octanol–water partition coefficient (Wildman–Crippen LogP) is 3.71. The van der Waals surface area contributed by atoms with Crippen LogP contribution >= 0.6 is 22.9 Å². The first-order chi connectivity index (χ1) is 8.52. The van der Waals surface area contributed by atoms with Crippen LogP contribution in [0.5, 0.6) is 0 Å². The fourth-order valence-electron chi connectivity index (χ4n) is 1.72. The van der Waals surface area contributed by atoms with Crippen LogP contribution in [0.2, 0.25) is 4.34 Å². The molecule has 0 saturated heterocycles. The Morgan fingerprint density at radius 3 is 2.61 bits per heavy atom. The van der Waals surface area contributed by atoms with E-state index in [-0.39, 0.29) is 0 Å². The lowest BCUT2D eigenvalue weighted by Crippen LogP contribution is -2.13. The van der Waals surface area contributed by atoms with Gasteiger partial charge in [-0.1, -0.05) is 11.6 Å². The van der Waals surface area contributed by atoms with E-state index in [0.717, 1.165) is 20.5 Å². The van der Waals surface area contributed by atoms with E-state index in [1.54, 1.807) is 0 Å². The molecule has 2 aromatic rings. The van der Waals surface area contributed by atoms with Gasteiger partial charge in [0.25, 0.3) is 0 Å². The van der Waals surface area contributed by atoms with Gasteiger partial charge in [-0.25, -0.2) is 4.98 Å². The number of aromatic nitrogens is 1. The Bertz CT molecular complexity index is 626. The molecule has 2 heterocycles. The number of hydrogen-bond acceptors (Lipinski definition) is 4. The summed E-state index contributed by atoms with van der Waals surface area (Å²) >= 11 is 7.44. The third kappa shape index (κ3) is 2.33. The second-order valence-electron chi connectivity index (χ2n) is 4.14. The lowest BCUT2D eigenvalue weighted by Gasteiger charge is -2.15. The smallest absolute Gasteiger partial charge is 0.146 e. The normalized spacial score (nSPS) is 10.2. The van der Waals surface area contributed by atoms with Crippen molar-refractivity contribution in [3.8, 4) is 16.6 Å². The maximum Gasteiger partial charge on any atom is 0.146 e. The number of nitriles is 1. The average molecular weight is 278 g/mol. The average Bonchev–Trinajstić information content (AvgIpc) is 2.74. The van der Waals surface area contributed by atoms with E-state index in [1.165, 1.54) is 11.3 Å². The van der Waals surface area contributed by atoms with Crippen molar-refractivity contribution in [2.45, 2.75) is 6.92 Å². The monoisotopic (exact) mass is 277 g/mol. The minimum Gasteiger partial charge on any atom is -0.362 e. The molecule has 0 atom stereocenters. The van der Waals surface area contributed by atoms with Gasteiger partial charge >= 0.3 is 0 Å². The summed E-state index contributed by atoms with van der Waals surface area (Å²) in [5, 5.41) is 9.12. The zero-order chi connectivity index (χ0) is 13.3. The molecule has 0 aliphatic heterocycles. The molecule has 0 amide bonds. The highest BCUT2D eigenvalue weighted by Gasteiger charge is 2.13. The SMILES string of the molecule is Cc1cc(C#N)c(N(C)C)nc1-c1ccc(Cl)s1. The molecule has 0 saturated carbocycles. The maximum absolute atomic E-state index is 9.12. The molecule has 92 valence electrons. The van der Waals surface area contributed by atoms with Gasteiger partial charge in [-0.05, 0) is 30.7 Å². The first kappa shape index (κ1) is 12.9. The van der Waals surface area contributed by atoms with Crippen molar-refractivity contribution in [2.24, 2.45) is 0 Å². The van der Waals surface area contributed by atoms with Crippen LogP contribution in [0.1, 0.15) is 11.1 Å². The molecular weight excluding hydrogens is 266 g/mol. The summed E-state index contributed by atoms with van der Waals surface area (Å²) in [4.78, 5) is 7.44. The van der Waals surface area contributed by atoms with Crippen molar-refractivity contribution >= 4 is 28.8 Å². The third-order valence-electron chi connectivity index (χ3n) is 2.54. The third-order valence-corrected chi connectivity index (χ3v) is 3.78. The van der Waals surface area contributed by atoms with Gasteiger partial charge in [-0.15, -0.1) is 11.3 Å². The van der Waals surface area contributed by atoms with Crippen LogP contribution in [-0.4, -0.2) is 19.1 Å². The van der Waals surface area contributed by atoms with Gasteiger partial charge in [-0.2, -0.15) is 5.26 Å². The molecule has 0 bridgehead atoms. The number of nitrogens with zero attached hydrogens (tertiary/aromatic N) is 3. The fraction of sp³-hybridized carbons (Fsp3) is 0.231. The van der Waals surface area contributed by atoms with Crippen LogP contribution in [0, 0.1) is 18.3 Å². The first-order valence-corrected chi connectivity index (χ1v) is 6.57. The topological polar surface area (TPSA) is 39.9 Å². The molecule has 0 N–H and O–H groups in total.